The monoisotopic (exact) mass is 435 g/mol. The second-order valence-electron chi connectivity index (χ2n) is 8.02. The lowest BCUT2D eigenvalue weighted by Gasteiger charge is -2.44. The van der Waals surface area contributed by atoms with Crippen LogP contribution in [-0.4, -0.2) is 31.8 Å². The Morgan fingerprint density at radius 3 is 2.55 bits per heavy atom. The minimum atomic E-state index is -4.45. The minimum Gasteiger partial charge on any atom is -0.496 e. The fourth-order valence-electron chi connectivity index (χ4n) is 4.37. The Kier molecular flexibility index (Phi) is 5.60. The van der Waals surface area contributed by atoms with Crippen molar-refractivity contribution in [2.45, 2.75) is 44.0 Å². The number of alkyl halides is 3. The molecule has 8 heteroatoms. The maximum Gasteiger partial charge on any atom is 0.416 e. The molecular weight excluding hydrogens is 411 g/mol. The fraction of sp³-hybridized carbons (Fsp3) is 0.435. The Hall–Kier alpha value is -2.74. The lowest BCUT2D eigenvalue weighted by Crippen LogP contribution is -2.48. The van der Waals surface area contributed by atoms with Crippen LogP contribution in [0, 0.1) is 0 Å². The molecule has 1 unspecified atom stereocenters. The SMILES string of the molecule is COc1cc(C(F)(F)F)ccc1-c1ccc2c(c1)C(NC(C)=O)CC1(CCOCC1)O2. The molecule has 4 rings (SSSR count). The maximum atomic E-state index is 13.1. The molecule has 1 N–H and O–H groups in total. The third-order valence-electron chi connectivity index (χ3n) is 5.91. The summed E-state index contributed by atoms with van der Waals surface area (Å²) in [5.41, 5.74) is 0.850. The number of rotatable bonds is 3. The summed E-state index contributed by atoms with van der Waals surface area (Å²) < 4.78 is 56.4. The fourth-order valence-corrected chi connectivity index (χ4v) is 4.37. The van der Waals surface area contributed by atoms with Gasteiger partial charge in [-0.05, 0) is 29.8 Å². The largest absolute Gasteiger partial charge is 0.496 e. The van der Waals surface area contributed by atoms with Crippen LogP contribution in [0.5, 0.6) is 11.5 Å². The average molecular weight is 435 g/mol. The standard InChI is InChI=1S/C23H24F3NO4/c1-14(28)27-19-13-22(7-9-30-10-8-22)31-20-6-3-15(11-18(19)20)17-5-4-16(23(24,25)26)12-21(17)29-2/h3-6,11-12,19H,7-10,13H2,1-2H3,(H,27,28). The summed E-state index contributed by atoms with van der Waals surface area (Å²) in [6.07, 6.45) is -2.38. The summed E-state index contributed by atoms with van der Waals surface area (Å²) >= 11 is 0. The van der Waals surface area contributed by atoms with Crippen LogP contribution in [0.1, 0.15) is 43.4 Å². The lowest BCUT2D eigenvalue weighted by atomic mass is 9.81. The van der Waals surface area contributed by atoms with Gasteiger partial charge >= 0.3 is 6.18 Å². The van der Waals surface area contributed by atoms with E-state index < -0.39 is 17.3 Å². The number of hydrogen-bond donors (Lipinski definition) is 1. The van der Waals surface area contributed by atoms with E-state index in [4.69, 9.17) is 14.2 Å². The van der Waals surface area contributed by atoms with E-state index in [1.807, 2.05) is 12.1 Å². The molecule has 1 spiro atoms. The van der Waals surface area contributed by atoms with E-state index in [9.17, 15) is 18.0 Å². The number of nitrogens with one attached hydrogen (secondary N) is 1. The van der Waals surface area contributed by atoms with Crippen molar-refractivity contribution in [1.82, 2.24) is 5.32 Å². The summed E-state index contributed by atoms with van der Waals surface area (Å²) in [4.78, 5) is 11.9. The molecule has 1 saturated heterocycles. The van der Waals surface area contributed by atoms with Crippen molar-refractivity contribution in [2.75, 3.05) is 20.3 Å². The Morgan fingerprint density at radius 2 is 1.90 bits per heavy atom. The van der Waals surface area contributed by atoms with E-state index in [1.165, 1.54) is 20.1 Å². The Labute approximate surface area is 178 Å². The molecule has 0 radical (unpaired) electrons. The molecule has 1 atom stereocenters. The quantitative estimate of drug-likeness (QED) is 0.746. The summed E-state index contributed by atoms with van der Waals surface area (Å²) in [5.74, 6) is 0.641. The minimum absolute atomic E-state index is 0.128. The van der Waals surface area contributed by atoms with Gasteiger partial charge in [0.05, 0.1) is 31.9 Å². The number of fused-ring (bicyclic) bond motifs is 1. The van der Waals surface area contributed by atoms with Gasteiger partial charge in [0.15, 0.2) is 0 Å². The van der Waals surface area contributed by atoms with Gasteiger partial charge in [0.2, 0.25) is 5.91 Å². The van der Waals surface area contributed by atoms with Crippen LogP contribution in [0.25, 0.3) is 11.1 Å². The third kappa shape index (κ3) is 4.35. The number of halogens is 3. The molecule has 166 valence electrons. The van der Waals surface area contributed by atoms with Crippen molar-refractivity contribution in [3.05, 3.63) is 47.5 Å². The second kappa shape index (κ2) is 8.07. The molecule has 1 fully saturated rings. The van der Waals surface area contributed by atoms with Gasteiger partial charge in [0.1, 0.15) is 17.1 Å². The zero-order valence-corrected chi connectivity index (χ0v) is 17.3. The van der Waals surface area contributed by atoms with Gasteiger partial charge < -0.3 is 19.5 Å². The van der Waals surface area contributed by atoms with Crippen molar-refractivity contribution in [3.63, 3.8) is 0 Å². The lowest BCUT2D eigenvalue weighted by molar-refractivity contribution is -0.137. The van der Waals surface area contributed by atoms with Crippen LogP contribution in [0.2, 0.25) is 0 Å². The van der Waals surface area contributed by atoms with E-state index in [2.05, 4.69) is 5.32 Å². The van der Waals surface area contributed by atoms with Crippen LogP contribution in [0.3, 0.4) is 0 Å². The second-order valence-corrected chi connectivity index (χ2v) is 8.02. The number of ether oxygens (including phenoxy) is 3. The van der Waals surface area contributed by atoms with Crippen LogP contribution < -0.4 is 14.8 Å². The van der Waals surface area contributed by atoms with Crippen LogP contribution in [-0.2, 0) is 15.7 Å². The molecule has 2 aromatic carbocycles. The third-order valence-corrected chi connectivity index (χ3v) is 5.91. The molecule has 0 saturated carbocycles. The van der Waals surface area contributed by atoms with Crippen LogP contribution >= 0.6 is 0 Å². The van der Waals surface area contributed by atoms with Gasteiger partial charge in [-0.3, -0.25) is 4.79 Å². The van der Waals surface area contributed by atoms with Crippen molar-refractivity contribution >= 4 is 5.91 Å². The predicted molar refractivity (Wildman–Crippen MR) is 108 cm³/mol. The maximum absolute atomic E-state index is 13.1. The highest BCUT2D eigenvalue weighted by molar-refractivity contribution is 5.75. The summed E-state index contributed by atoms with van der Waals surface area (Å²) in [5, 5.41) is 3.01. The van der Waals surface area contributed by atoms with E-state index in [1.54, 1.807) is 6.07 Å². The molecule has 2 aliphatic heterocycles. The average Bonchev–Trinajstić information content (AvgIpc) is 2.72. The van der Waals surface area contributed by atoms with Crippen LogP contribution in [0.4, 0.5) is 13.2 Å². The number of hydrogen-bond acceptors (Lipinski definition) is 4. The Bertz CT molecular complexity index is 983. The zero-order chi connectivity index (χ0) is 22.2. The molecule has 0 aliphatic carbocycles. The van der Waals surface area contributed by atoms with Gasteiger partial charge in [0, 0.05) is 37.3 Å². The number of carbonyl (C=O) groups is 1. The highest BCUT2D eigenvalue weighted by atomic mass is 19.4. The van der Waals surface area contributed by atoms with E-state index in [0.29, 0.717) is 36.5 Å². The van der Waals surface area contributed by atoms with Crippen LogP contribution in [0.15, 0.2) is 36.4 Å². The van der Waals surface area contributed by atoms with Gasteiger partial charge in [-0.15, -0.1) is 0 Å². The summed E-state index contributed by atoms with van der Waals surface area (Å²) in [7, 11) is 1.34. The van der Waals surface area contributed by atoms with Crippen molar-refractivity contribution in [2.24, 2.45) is 0 Å². The number of amides is 1. The first-order valence-electron chi connectivity index (χ1n) is 10.1. The molecule has 0 bridgehead atoms. The van der Waals surface area contributed by atoms with E-state index in [0.717, 1.165) is 30.5 Å². The van der Waals surface area contributed by atoms with Gasteiger partial charge in [0.25, 0.3) is 0 Å². The molecule has 31 heavy (non-hydrogen) atoms. The smallest absolute Gasteiger partial charge is 0.416 e. The first-order valence-corrected chi connectivity index (χ1v) is 10.1. The van der Waals surface area contributed by atoms with Crippen molar-refractivity contribution in [1.29, 1.82) is 0 Å². The molecule has 2 aliphatic rings. The summed E-state index contributed by atoms with van der Waals surface area (Å²) in [6, 6.07) is 8.64. The Balaban J connectivity index is 1.74. The Morgan fingerprint density at radius 1 is 1.16 bits per heavy atom. The molecule has 5 nitrogen and oxygen atoms in total. The molecule has 0 aromatic heterocycles. The molecule has 2 aromatic rings. The van der Waals surface area contributed by atoms with E-state index in [-0.39, 0.29) is 17.7 Å². The summed E-state index contributed by atoms with van der Waals surface area (Å²) in [6.45, 7) is 2.67. The van der Waals surface area contributed by atoms with Gasteiger partial charge in [-0.1, -0.05) is 12.1 Å². The highest BCUT2D eigenvalue weighted by Crippen LogP contribution is 2.46. The molecule has 2 heterocycles. The van der Waals surface area contributed by atoms with Gasteiger partial charge in [-0.25, -0.2) is 0 Å². The number of methoxy groups -OCH3 is 1. The highest BCUT2D eigenvalue weighted by Gasteiger charge is 2.42. The van der Waals surface area contributed by atoms with Crippen molar-refractivity contribution in [3.8, 4) is 22.6 Å². The topological polar surface area (TPSA) is 56.8 Å². The predicted octanol–water partition coefficient (Wildman–Crippen LogP) is 4.89. The number of benzene rings is 2. The first-order chi connectivity index (χ1) is 14.7. The van der Waals surface area contributed by atoms with E-state index >= 15 is 0 Å². The molecule has 1 amide bonds. The number of carbonyl (C=O) groups excluding carboxylic acids is 1. The first kappa shape index (κ1) is 21.5. The zero-order valence-electron chi connectivity index (χ0n) is 17.3. The van der Waals surface area contributed by atoms with Crippen molar-refractivity contribution < 1.29 is 32.2 Å². The normalized spacial score (nSPS) is 20.0. The molecular formula is C23H24F3NO4. The van der Waals surface area contributed by atoms with Gasteiger partial charge in [-0.2, -0.15) is 13.2 Å².